The normalized spacial score (nSPS) is 12.0. The van der Waals surface area contributed by atoms with Crippen molar-refractivity contribution in [2.45, 2.75) is 30.9 Å². The lowest BCUT2D eigenvalue weighted by Crippen LogP contribution is -2.30. The summed E-state index contributed by atoms with van der Waals surface area (Å²) >= 11 is 7.33. The van der Waals surface area contributed by atoms with Gasteiger partial charge in [0.2, 0.25) is 11.8 Å². The first-order chi connectivity index (χ1) is 12.5. The van der Waals surface area contributed by atoms with E-state index in [0.29, 0.717) is 22.7 Å². The Hall–Kier alpha value is -2.31. The summed E-state index contributed by atoms with van der Waals surface area (Å²) in [5.41, 5.74) is 2.82. The first-order valence-corrected chi connectivity index (χ1v) is 9.37. The SMILES string of the molecule is Cc1ccccc1-c1nnc(SC(C)C(=O)NCc2ccccc2Cl)o1. The summed E-state index contributed by atoms with van der Waals surface area (Å²) < 4.78 is 5.69. The molecular formula is C19H18ClN3O2S. The van der Waals surface area contributed by atoms with Crippen molar-refractivity contribution in [1.29, 1.82) is 0 Å². The molecule has 0 fully saturated rings. The lowest BCUT2D eigenvalue weighted by atomic mass is 10.1. The van der Waals surface area contributed by atoms with E-state index in [2.05, 4.69) is 15.5 Å². The molecule has 26 heavy (non-hydrogen) atoms. The first kappa shape index (κ1) is 18.5. The minimum atomic E-state index is -0.373. The molecule has 134 valence electrons. The number of carbonyl (C=O) groups is 1. The van der Waals surface area contributed by atoms with Crippen molar-refractivity contribution in [3.05, 3.63) is 64.7 Å². The second-order valence-electron chi connectivity index (χ2n) is 5.76. The zero-order chi connectivity index (χ0) is 18.5. The van der Waals surface area contributed by atoms with Gasteiger partial charge in [0.1, 0.15) is 0 Å². The smallest absolute Gasteiger partial charge is 0.277 e. The zero-order valence-electron chi connectivity index (χ0n) is 14.4. The molecule has 1 atom stereocenters. The van der Waals surface area contributed by atoms with Crippen LogP contribution in [0.5, 0.6) is 0 Å². The average Bonchev–Trinajstić information content (AvgIpc) is 3.09. The molecule has 0 aliphatic carbocycles. The zero-order valence-corrected chi connectivity index (χ0v) is 16.0. The number of amides is 1. The van der Waals surface area contributed by atoms with Crippen LogP contribution in [0.2, 0.25) is 5.02 Å². The van der Waals surface area contributed by atoms with Crippen LogP contribution < -0.4 is 5.32 Å². The van der Waals surface area contributed by atoms with E-state index >= 15 is 0 Å². The Morgan fingerprint density at radius 1 is 1.19 bits per heavy atom. The molecule has 1 N–H and O–H groups in total. The van der Waals surface area contributed by atoms with Gasteiger partial charge in [0, 0.05) is 17.1 Å². The average molecular weight is 388 g/mol. The number of thioether (sulfide) groups is 1. The van der Waals surface area contributed by atoms with Gasteiger partial charge >= 0.3 is 0 Å². The predicted octanol–water partition coefficient (Wildman–Crippen LogP) is 4.50. The van der Waals surface area contributed by atoms with Crippen molar-refractivity contribution in [2.24, 2.45) is 0 Å². The summed E-state index contributed by atoms with van der Waals surface area (Å²) in [5.74, 6) is 0.333. The van der Waals surface area contributed by atoms with Crippen molar-refractivity contribution in [3.8, 4) is 11.5 Å². The van der Waals surface area contributed by atoms with Gasteiger partial charge in [-0.05, 0) is 37.1 Å². The number of nitrogens with zero attached hydrogens (tertiary/aromatic N) is 2. The maximum atomic E-state index is 12.3. The number of aromatic nitrogens is 2. The molecule has 0 aliphatic rings. The van der Waals surface area contributed by atoms with Crippen molar-refractivity contribution in [2.75, 3.05) is 0 Å². The molecule has 0 radical (unpaired) electrons. The topological polar surface area (TPSA) is 68.0 Å². The number of nitrogens with one attached hydrogen (secondary N) is 1. The molecule has 1 heterocycles. The monoisotopic (exact) mass is 387 g/mol. The first-order valence-electron chi connectivity index (χ1n) is 8.12. The fourth-order valence-electron chi connectivity index (χ4n) is 2.35. The number of hydrogen-bond donors (Lipinski definition) is 1. The van der Waals surface area contributed by atoms with Crippen LogP contribution in [0.3, 0.4) is 0 Å². The maximum Gasteiger partial charge on any atom is 0.277 e. The van der Waals surface area contributed by atoms with Gasteiger partial charge in [-0.15, -0.1) is 10.2 Å². The van der Waals surface area contributed by atoms with Gasteiger partial charge < -0.3 is 9.73 Å². The van der Waals surface area contributed by atoms with Crippen molar-refractivity contribution < 1.29 is 9.21 Å². The maximum absolute atomic E-state index is 12.3. The molecule has 5 nitrogen and oxygen atoms in total. The summed E-state index contributed by atoms with van der Waals surface area (Å²) in [5, 5.41) is 11.6. The minimum absolute atomic E-state index is 0.120. The van der Waals surface area contributed by atoms with Gasteiger partial charge in [-0.2, -0.15) is 0 Å². The van der Waals surface area contributed by atoms with Crippen LogP contribution >= 0.6 is 23.4 Å². The van der Waals surface area contributed by atoms with Gasteiger partial charge in [-0.25, -0.2) is 0 Å². The van der Waals surface area contributed by atoms with E-state index in [1.807, 2.05) is 49.4 Å². The van der Waals surface area contributed by atoms with E-state index in [1.54, 1.807) is 13.0 Å². The molecule has 3 aromatic rings. The molecule has 0 saturated carbocycles. The summed E-state index contributed by atoms with van der Waals surface area (Å²) in [6, 6.07) is 15.2. The highest BCUT2D eigenvalue weighted by atomic mass is 35.5. The van der Waals surface area contributed by atoms with Crippen LogP contribution in [0, 0.1) is 6.92 Å². The van der Waals surface area contributed by atoms with E-state index in [0.717, 1.165) is 16.7 Å². The third-order valence-electron chi connectivity index (χ3n) is 3.84. The summed E-state index contributed by atoms with van der Waals surface area (Å²) in [4.78, 5) is 12.3. The summed E-state index contributed by atoms with van der Waals surface area (Å²) in [6.45, 7) is 4.16. The van der Waals surface area contributed by atoms with Gasteiger partial charge in [-0.1, -0.05) is 59.8 Å². The second-order valence-corrected chi connectivity index (χ2v) is 7.46. The quantitative estimate of drug-likeness (QED) is 0.631. The van der Waals surface area contributed by atoms with E-state index in [1.165, 1.54) is 11.8 Å². The Morgan fingerprint density at radius 3 is 2.69 bits per heavy atom. The summed E-state index contributed by atoms with van der Waals surface area (Å²) in [7, 11) is 0. The molecule has 0 saturated heterocycles. The molecular weight excluding hydrogens is 370 g/mol. The van der Waals surface area contributed by atoms with Gasteiger partial charge in [-0.3, -0.25) is 4.79 Å². The van der Waals surface area contributed by atoms with Crippen LogP contribution in [0.25, 0.3) is 11.5 Å². The molecule has 0 aliphatic heterocycles. The van der Waals surface area contributed by atoms with E-state index in [9.17, 15) is 4.79 Å². The third kappa shape index (κ3) is 4.45. The minimum Gasteiger partial charge on any atom is -0.411 e. The van der Waals surface area contributed by atoms with Crippen molar-refractivity contribution in [1.82, 2.24) is 15.5 Å². The number of halogens is 1. The third-order valence-corrected chi connectivity index (χ3v) is 5.14. The standard InChI is InChI=1S/C19H18ClN3O2S/c1-12-7-3-5-9-15(12)18-22-23-19(25-18)26-13(2)17(24)21-11-14-8-4-6-10-16(14)20/h3-10,13H,11H2,1-2H3,(H,21,24). The number of aryl methyl sites for hydroxylation is 1. The Bertz CT molecular complexity index is 913. The van der Waals surface area contributed by atoms with Crippen molar-refractivity contribution in [3.63, 3.8) is 0 Å². The van der Waals surface area contributed by atoms with E-state index < -0.39 is 0 Å². The van der Waals surface area contributed by atoms with E-state index in [4.69, 9.17) is 16.0 Å². The Labute approximate surface area is 161 Å². The number of benzene rings is 2. The molecule has 7 heteroatoms. The lowest BCUT2D eigenvalue weighted by Gasteiger charge is -2.10. The van der Waals surface area contributed by atoms with Crippen LogP contribution in [-0.2, 0) is 11.3 Å². The molecule has 1 amide bonds. The Kier molecular flexibility index (Phi) is 5.96. The van der Waals surface area contributed by atoms with Crippen LogP contribution in [-0.4, -0.2) is 21.4 Å². The van der Waals surface area contributed by atoms with Crippen LogP contribution in [0.4, 0.5) is 0 Å². The fourth-order valence-corrected chi connectivity index (χ4v) is 3.26. The molecule has 0 bridgehead atoms. The highest BCUT2D eigenvalue weighted by molar-refractivity contribution is 8.00. The van der Waals surface area contributed by atoms with Gasteiger partial charge in [0.25, 0.3) is 5.22 Å². The Balaban J connectivity index is 1.59. The largest absolute Gasteiger partial charge is 0.411 e. The molecule has 2 aromatic carbocycles. The van der Waals surface area contributed by atoms with E-state index in [-0.39, 0.29) is 11.2 Å². The van der Waals surface area contributed by atoms with Gasteiger partial charge in [0.15, 0.2) is 0 Å². The predicted molar refractivity (Wildman–Crippen MR) is 103 cm³/mol. The lowest BCUT2D eigenvalue weighted by molar-refractivity contribution is -0.120. The molecule has 1 aromatic heterocycles. The number of rotatable bonds is 6. The fraction of sp³-hybridized carbons (Fsp3) is 0.211. The van der Waals surface area contributed by atoms with Crippen LogP contribution in [0.1, 0.15) is 18.1 Å². The number of hydrogen-bond acceptors (Lipinski definition) is 5. The molecule has 1 unspecified atom stereocenters. The Morgan fingerprint density at radius 2 is 1.92 bits per heavy atom. The summed E-state index contributed by atoms with van der Waals surface area (Å²) in [6.07, 6.45) is 0. The molecule has 3 rings (SSSR count). The highest BCUT2D eigenvalue weighted by Crippen LogP contribution is 2.27. The second kappa shape index (κ2) is 8.38. The van der Waals surface area contributed by atoms with Gasteiger partial charge in [0.05, 0.1) is 5.25 Å². The molecule has 0 spiro atoms. The van der Waals surface area contributed by atoms with Crippen molar-refractivity contribution >= 4 is 29.3 Å². The highest BCUT2D eigenvalue weighted by Gasteiger charge is 2.19. The van der Waals surface area contributed by atoms with Crippen LogP contribution in [0.15, 0.2) is 58.2 Å². The number of carbonyl (C=O) groups excluding carboxylic acids is 1.